The Morgan fingerprint density at radius 2 is 2.64 bits per heavy atom. The lowest BCUT2D eigenvalue weighted by atomic mass is 9.79. The summed E-state index contributed by atoms with van der Waals surface area (Å²) in [6, 6.07) is 1.91. The van der Waals surface area contributed by atoms with E-state index in [4.69, 9.17) is 5.26 Å². The van der Waals surface area contributed by atoms with Crippen LogP contribution in [-0.2, 0) is 9.53 Å². The SMILES string of the molecule is COC(=O)C1CC/C1=C\C#N. The zero-order valence-electron chi connectivity index (χ0n) is 6.33. The molecule has 58 valence electrons. The summed E-state index contributed by atoms with van der Waals surface area (Å²) in [7, 11) is 1.37. The van der Waals surface area contributed by atoms with Crippen LogP contribution in [0.15, 0.2) is 11.6 Å². The third kappa shape index (κ3) is 1.40. The molecular weight excluding hydrogens is 142 g/mol. The highest BCUT2D eigenvalue weighted by molar-refractivity contribution is 5.77. The van der Waals surface area contributed by atoms with Crippen LogP contribution in [-0.4, -0.2) is 13.1 Å². The highest BCUT2D eigenvalue weighted by Crippen LogP contribution is 2.33. The van der Waals surface area contributed by atoms with Crippen LogP contribution in [0.25, 0.3) is 0 Å². The largest absolute Gasteiger partial charge is 0.469 e. The van der Waals surface area contributed by atoms with Gasteiger partial charge in [0.05, 0.1) is 19.1 Å². The molecule has 0 heterocycles. The molecule has 1 rings (SSSR count). The smallest absolute Gasteiger partial charge is 0.312 e. The van der Waals surface area contributed by atoms with Gasteiger partial charge in [-0.3, -0.25) is 4.79 Å². The molecule has 1 aliphatic carbocycles. The molecule has 0 saturated heterocycles. The molecule has 1 saturated carbocycles. The zero-order chi connectivity index (χ0) is 8.27. The van der Waals surface area contributed by atoms with Crippen LogP contribution in [0.4, 0.5) is 0 Å². The first-order chi connectivity index (χ1) is 5.29. The molecule has 3 heteroatoms. The molecule has 1 unspecified atom stereocenters. The minimum absolute atomic E-state index is 0.139. The normalized spacial score (nSPS) is 25.5. The van der Waals surface area contributed by atoms with Crippen LogP contribution >= 0.6 is 0 Å². The first kappa shape index (κ1) is 7.80. The number of ether oxygens (including phenoxy) is 1. The van der Waals surface area contributed by atoms with Gasteiger partial charge in [0.25, 0.3) is 0 Å². The zero-order valence-corrected chi connectivity index (χ0v) is 6.33. The van der Waals surface area contributed by atoms with Crippen molar-refractivity contribution in [1.29, 1.82) is 5.26 Å². The first-order valence-corrected chi connectivity index (χ1v) is 3.46. The van der Waals surface area contributed by atoms with Gasteiger partial charge in [-0.1, -0.05) is 0 Å². The van der Waals surface area contributed by atoms with E-state index < -0.39 is 0 Å². The van der Waals surface area contributed by atoms with E-state index in [0.717, 1.165) is 18.4 Å². The van der Waals surface area contributed by atoms with Crippen LogP contribution in [0.3, 0.4) is 0 Å². The number of hydrogen-bond donors (Lipinski definition) is 0. The van der Waals surface area contributed by atoms with Crippen molar-refractivity contribution in [3.8, 4) is 6.07 Å². The summed E-state index contributed by atoms with van der Waals surface area (Å²) in [5.74, 6) is -0.364. The molecule has 0 N–H and O–H groups in total. The van der Waals surface area contributed by atoms with Gasteiger partial charge in [-0.25, -0.2) is 0 Å². The molecule has 1 fully saturated rings. The van der Waals surface area contributed by atoms with Crippen molar-refractivity contribution in [2.45, 2.75) is 12.8 Å². The fourth-order valence-electron chi connectivity index (χ4n) is 1.12. The fourth-order valence-corrected chi connectivity index (χ4v) is 1.12. The summed E-state index contributed by atoms with van der Waals surface area (Å²) in [4.78, 5) is 10.9. The molecule has 3 nitrogen and oxygen atoms in total. The maximum Gasteiger partial charge on any atom is 0.312 e. The Morgan fingerprint density at radius 3 is 3.00 bits per heavy atom. The van der Waals surface area contributed by atoms with E-state index in [1.165, 1.54) is 13.2 Å². The molecular formula is C8H9NO2. The van der Waals surface area contributed by atoms with Crippen LogP contribution in [0.5, 0.6) is 0 Å². The van der Waals surface area contributed by atoms with Gasteiger partial charge in [-0.05, 0) is 18.4 Å². The average Bonchev–Trinajstić information content (AvgIpc) is 1.98. The Bertz CT molecular complexity index is 237. The van der Waals surface area contributed by atoms with E-state index in [1.54, 1.807) is 0 Å². The van der Waals surface area contributed by atoms with Crippen molar-refractivity contribution in [3.63, 3.8) is 0 Å². The molecule has 0 bridgehead atoms. The number of allylic oxidation sites excluding steroid dienone is 1. The number of nitriles is 1. The topological polar surface area (TPSA) is 50.1 Å². The number of nitrogens with zero attached hydrogens (tertiary/aromatic N) is 1. The summed E-state index contributed by atoms with van der Waals surface area (Å²) in [6.45, 7) is 0. The summed E-state index contributed by atoms with van der Waals surface area (Å²) in [5, 5.41) is 8.30. The molecule has 0 aromatic carbocycles. The number of methoxy groups -OCH3 is 1. The molecule has 0 aromatic heterocycles. The van der Waals surface area contributed by atoms with Gasteiger partial charge in [-0.2, -0.15) is 5.26 Å². The Balaban J connectivity index is 2.58. The van der Waals surface area contributed by atoms with E-state index in [0.29, 0.717) is 0 Å². The Hall–Kier alpha value is -1.30. The Kier molecular flexibility index (Phi) is 2.27. The van der Waals surface area contributed by atoms with E-state index in [2.05, 4.69) is 4.74 Å². The number of carbonyl (C=O) groups excluding carboxylic acids is 1. The van der Waals surface area contributed by atoms with Gasteiger partial charge in [0, 0.05) is 6.08 Å². The van der Waals surface area contributed by atoms with Crippen LogP contribution in [0, 0.1) is 17.2 Å². The van der Waals surface area contributed by atoms with E-state index in [-0.39, 0.29) is 11.9 Å². The highest BCUT2D eigenvalue weighted by atomic mass is 16.5. The van der Waals surface area contributed by atoms with Crippen LogP contribution < -0.4 is 0 Å². The minimum Gasteiger partial charge on any atom is -0.469 e. The monoisotopic (exact) mass is 151 g/mol. The van der Waals surface area contributed by atoms with Gasteiger partial charge >= 0.3 is 5.97 Å². The molecule has 0 spiro atoms. The van der Waals surface area contributed by atoms with Crippen LogP contribution in [0.1, 0.15) is 12.8 Å². The van der Waals surface area contributed by atoms with E-state index in [1.807, 2.05) is 6.07 Å². The van der Waals surface area contributed by atoms with Gasteiger partial charge in [0.1, 0.15) is 0 Å². The molecule has 0 radical (unpaired) electrons. The lowest BCUT2D eigenvalue weighted by molar-refractivity contribution is -0.145. The van der Waals surface area contributed by atoms with Crippen molar-refractivity contribution in [1.82, 2.24) is 0 Å². The second kappa shape index (κ2) is 3.20. The minimum atomic E-state index is -0.224. The number of rotatable bonds is 1. The Labute approximate surface area is 65.3 Å². The third-order valence-corrected chi connectivity index (χ3v) is 1.90. The number of hydrogen-bond acceptors (Lipinski definition) is 3. The van der Waals surface area contributed by atoms with Crippen molar-refractivity contribution < 1.29 is 9.53 Å². The summed E-state index contributed by atoms with van der Waals surface area (Å²) in [5.41, 5.74) is 0.902. The summed E-state index contributed by atoms with van der Waals surface area (Å²) < 4.78 is 4.54. The first-order valence-electron chi connectivity index (χ1n) is 3.46. The van der Waals surface area contributed by atoms with Gasteiger partial charge in [0.2, 0.25) is 0 Å². The lowest BCUT2D eigenvalue weighted by Crippen LogP contribution is -2.26. The fraction of sp³-hybridized carbons (Fsp3) is 0.500. The predicted molar refractivity (Wildman–Crippen MR) is 38.4 cm³/mol. The Morgan fingerprint density at radius 1 is 1.91 bits per heavy atom. The van der Waals surface area contributed by atoms with Gasteiger partial charge < -0.3 is 4.74 Å². The summed E-state index contributed by atoms with van der Waals surface area (Å²) in [6.07, 6.45) is 3.11. The quantitative estimate of drug-likeness (QED) is 0.415. The molecule has 0 aromatic rings. The second-order valence-electron chi connectivity index (χ2n) is 2.46. The molecule has 0 aliphatic heterocycles. The highest BCUT2D eigenvalue weighted by Gasteiger charge is 2.31. The molecule has 11 heavy (non-hydrogen) atoms. The van der Waals surface area contributed by atoms with E-state index >= 15 is 0 Å². The number of esters is 1. The second-order valence-corrected chi connectivity index (χ2v) is 2.46. The standard InChI is InChI=1S/C8H9NO2/c1-11-8(10)7-3-2-6(7)4-5-9/h4,7H,2-3H2,1H3/b6-4+. The van der Waals surface area contributed by atoms with Crippen molar-refractivity contribution >= 4 is 5.97 Å². The van der Waals surface area contributed by atoms with Crippen molar-refractivity contribution in [2.24, 2.45) is 5.92 Å². The molecule has 1 aliphatic rings. The molecule has 1 atom stereocenters. The van der Waals surface area contributed by atoms with Crippen molar-refractivity contribution in [3.05, 3.63) is 11.6 Å². The predicted octanol–water partition coefficient (Wildman–Crippen LogP) is 1.02. The maximum atomic E-state index is 10.9. The van der Waals surface area contributed by atoms with Gasteiger partial charge in [-0.15, -0.1) is 0 Å². The number of carbonyl (C=O) groups is 1. The lowest BCUT2D eigenvalue weighted by Gasteiger charge is -2.26. The van der Waals surface area contributed by atoms with Crippen molar-refractivity contribution in [2.75, 3.05) is 7.11 Å². The van der Waals surface area contributed by atoms with Crippen LogP contribution in [0.2, 0.25) is 0 Å². The summed E-state index contributed by atoms with van der Waals surface area (Å²) >= 11 is 0. The molecule has 0 amide bonds. The van der Waals surface area contributed by atoms with E-state index in [9.17, 15) is 4.79 Å². The third-order valence-electron chi connectivity index (χ3n) is 1.90. The average molecular weight is 151 g/mol. The maximum absolute atomic E-state index is 10.9. The van der Waals surface area contributed by atoms with Gasteiger partial charge in [0.15, 0.2) is 0 Å².